The molecule has 0 aliphatic heterocycles. The predicted molar refractivity (Wildman–Crippen MR) is 113 cm³/mol. The maximum atomic E-state index is 15.4. The first-order chi connectivity index (χ1) is 22.4. The summed E-state index contributed by atoms with van der Waals surface area (Å²) in [4.78, 5) is 0. The van der Waals surface area contributed by atoms with Crippen LogP contribution in [0, 0.1) is 116 Å². The van der Waals surface area contributed by atoms with Crippen molar-refractivity contribution in [3.8, 4) is 0 Å². The second-order valence-electron chi connectivity index (χ2n) is 9.01. The van der Waals surface area contributed by atoms with Crippen LogP contribution in [0.2, 0.25) is 0 Å². The van der Waals surface area contributed by atoms with Crippen LogP contribution >= 0.6 is 0 Å². The first kappa shape index (κ1) is 39.5. The molecule has 4 aromatic carbocycles. The van der Waals surface area contributed by atoms with Crippen molar-refractivity contribution in [2.45, 2.75) is 0 Å². The summed E-state index contributed by atoms with van der Waals surface area (Å²) in [6, 6.07) is 0. The van der Waals surface area contributed by atoms with Crippen molar-refractivity contribution in [3.63, 3.8) is 0 Å². The van der Waals surface area contributed by atoms with E-state index in [4.69, 9.17) is 0 Å². The van der Waals surface area contributed by atoms with Crippen LogP contribution in [-0.2, 0) is 19.5 Å². The molecule has 0 fully saturated rings. The second-order valence-corrected chi connectivity index (χ2v) is 9.68. The van der Waals surface area contributed by atoms with Crippen molar-refractivity contribution in [2.75, 3.05) is 0 Å². The third-order valence-electron chi connectivity index (χ3n) is 6.71. The maximum absolute atomic E-state index is 15.4. The third-order valence-corrected chi connectivity index (χ3v) is 6.71. The number of hydrogen-bond acceptors (Lipinski definition) is 0. The Labute approximate surface area is 261 Å². The van der Waals surface area contributed by atoms with E-state index in [1.165, 1.54) is 0 Å². The molecular weight excluding hydrogens is 784 g/mol. The van der Waals surface area contributed by atoms with Crippen molar-refractivity contribution >= 4 is 28.0 Å². The van der Waals surface area contributed by atoms with Gasteiger partial charge in [0.1, 0.15) is 52.7 Å². The molecule has 0 atom stereocenters. The van der Waals surface area contributed by atoms with Gasteiger partial charge in [0.2, 0.25) is 0 Å². The summed E-state index contributed by atoms with van der Waals surface area (Å²) in [6.45, 7) is 0. The van der Waals surface area contributed by atoms with Gasteiger partial charge in [-0.3, -0.25) is 0 Å². The van der Waals surface area contributed by atoms with Crippen molar-refractivity contribution in [1.82, 2.24) is 0 Å². The van der Waals surface area contributed by atoms with E-state index in [1.54, 1.807) is 0 Å². The summed E-state index contributed by atoms with van der Waals surface area (Å²) in [5.41, 5.74) is -14.3. The van der Waals surface area contributed by atoms with Gasteiger partial charge in [-0.2, -0.15) is 0 Å². The summed E-state index contributed by atoms with van der Waals surface area (Å²) in [5.74, 6) is -71.4. The Morgan fingerprint density at radius 1 is 0.204 bits per heavy atom. The molecule has 0 amide bonds. The molecule has 0 aliphatic rings. The van der Waals surface area contributed by atoms with Gasteiger partial charge in [0.15, 0.2) is 69.8 Å². The topological polar surface area (TPSA) is 0 Å². The fraction of sp³-hybridized carbons (Fsp3) is 0. The molecule has 0 radical (unpaired) electrons. The fourth-order valence-electron chi connectivity index (χ4n) is 4.87. The Bertz CT molecular complexity index is 1630. The minimum absolute atomic E-state index is 3.34. The monoisotopic (exact) mass is 784 g/mol. The quantitative estimate of drug-likeness (QED) is 0.0898. The normalized spacial score (nSPS) is 11.6. The molecule has 4 rings (SSSR count). The van der Waals surface area contributed by atoms with Crippen LogP contribution in [0.4, 0.5) is 97.1 Å². The number of rotatable bonds is 4. The molecule has 0 N–H and O–H groups in total. The molecule has 0 saturated carbocycles. The zero-order chi connectivity index (χ0) is 37.9. The second kappa shape index (κ2) is 13.8. The zero-order valence-corrected chi connectivity index (χ0v) is 23.3. The third kappa shape index (κ3) is 5.78. The summed E-state index contributed by atoms with van der Waals surface area (Å²) in [7, 11) is 0. The van der Waals surface area contributed by atoms with Crippen LogP contribution in [0.3, 0.4) is 0 Å². The summed E-state index contributed by atoms with van der Waals surface area (Å²) in [6.07, 6.45) is -7.22. The Balaban J connectivity index is 0.00000154. The van der Waals surface area contributed by atoms with Crippen LogP contribution in [0.5, 0.6) is 0 Å². The van der Waals surface area contributed by atoms with E-state index < -0.39 is 164 Å². The minimum atomic E-state index is -7.22. The molecule has 0 nitrogen and oxygen atoms in total. The molecule has 0 aliphatic carbocycles. The van der Waals surface area contributed by atoms with Gasteiger partial charge < -0.3 is 0 Å². The van der Waals surface area contributed by atoms with Gasteiger partial charge >= 0.3 is 28.8 Å². The average Bonchev–Trinajstić information content (AvgIpc) is 3.04. The summed E-state index contributed by atoms with van der Waals surface area (Å²) in [5, 5.41) is 0. The van der Waals surface area contributed by atoms with E-state index >= 15 is 35.1 Å². The standard InChI is InChI=1S/C24BF20.3FH.Ti/c26-5-1(6(27)14(35)21(42)13(5)34)25(2-7(28)15(36)22(43)16(37)8(2)29,3-9(30)17(38)23(44)18(39)10(3)31)4-11(32)19(40)24(45)20(41)12(4)33;;;;/h;3*1H;/q-1;;;;+4/p-3. The van der Waals surface area contributed by atoms with Gasteiger partial charge in [-0.1, -0.05) is 0 Å². The molecule has 0 heterocycles. The molecule has 25 heteroatoms. The summed E-state index contributed by atoms with van der Waals surface area (Å²) >= 11 is -4.83. The van der Waals surface area contributed by atoms with Crippen LogP contribution < -0.4 is 21.9 Å². The van der Waals surface area contributed by atoms with E-state index in [0.717, 1.165) is 0 Å². The van der Waals surface area contributed by atoms with E-state index in [2.05, 4.69) is 0 Å². The Morgan fingerprint density at radius 3 is 0.388 bits per heavy atom. The molecule has 0 aromatic heterocycles. The molecule has 0 saturated heterocycles. The Kier molecular flexibility index (Phi) is 11.1. The molecule has 0 unspecified atom stereocenters. The molecular formula is C24BF23Ti. The van der Waals surface area contributed by atoms with Gasteiger partial charge in [0.25, 0.3) is 0 Å². The van der Waals surface area contributed by atoms with E-state index in [0.29, 0.717) is 0 Å². The first-order valence-corrected chi connectivity index (χ1v) is 13.3. The van der Waals surface area contributed by atoms with E-state index in [9.17, 15) is 62.0 Å². The van der Waals surface area contributed by atoms with Crippen molar-refractivity contribution in [3.05, 3.63) is 116 Å². The van der Waals surface area contributed by atoms with Crippen LogP contribution in [0.15, 0.2) is 0 Å². The molecule has 264 valence electrons. The molecule has 49 heavy (non-hydrogen) atoms. The SMILES string of the molecule is Fc1c(F)c(F)c([B-](c2c(F)c(F)c(F)c(F)c2F)(c2c(F)c(F)c(F)c(F)c2F)c2c(F)c(F)c(F)c(F)c2F)c(F)c1F.[F][Ti+]([F])[F]. The Hall–Kier alpha value is -3.95. The molecule has 4 aromatic rings. The van der Waals surface area contributed by atoms with Gasteiger partial charge in [-0.25, -0.2) is 87.8 Å². The fourth-order valence-corrected chi connectivity index (χ4v) is 4.87. The van der Waals surface area contributed by atoms with Crippen molar-refractivity contribution < 1.29 is 117 Å². The van der Waals surface area contributed by atoms with Gasteiger partial charge in [0, 0.05) is 0 Å². The van der Waals surface area contributed by atoms with Crippen molar-refractivity contribution in [2.24, 2.45) is 0 Å². The van der Waals surface area contributed by atoms with Gasteiger partial charge in [-0.15, -0.1) is 21.9 Å². The number of halogens is 23. The number of benzene rings is 4. The number of hydrogen-bond donors (Lipinski definition) is 0. The van der Waals surface area contributed by atoms with Crippen LogP contribution in [0.1, 0.15) is 0 Å². The first-order valence-electron chi connectivity index (χ1n) is 11.5. The zero-order valence-electron chi connectivity index (χ0n) is 21.8. The predicted octanol–water partition coefficient (Wildman–Crippen LogP) is 7.10. The molecule has 0 bridgehead atoms. The van der Waals surface area contributed by atoms with Crippen molar-refractivity contribution in [1.29, 1.82) is 0 Å². The average molecular weight is 784 g/mol. The van der Waals surface area contributed by atoms with Crippen LogP contribution in [0.25, 0.3) is 0 Å². The summed E-state index contributed by atoms with van der Waals surface area (Å²) < 4.78 is 323. The van der Waals surface area contributed by atoms with E-state index in [-0.39, 0.29) is 0 Å². The Morgan fingerprint density at radius 2 is 0.286 bits per heavy atom. The van der Waals surface area contributed by atoms with Crippen LogP contribution in [-0.4, -0.2) is 6.15 Å². The van der Waals surface area contributed by atoms with Gasteiger partial charge in [0.05, 0.1) is 0 Å². The van der Waals surface area contributed by atoms with E-state index in [1.807, 2.05) is 0 Å². The van der Waals surface area contributed by atoms with Gasteiger partial charge in [-0.05, 0) is 0 Å². The molecule has 0 spiro atoms.